The fourth-order valence-corrected chi connectivity index (χ4v) is 7.87. The molecule has 7 aromatic carbocycles. The van der Waals surface area contributed by atoms with Gasteiger partial charge in [-0.15, -0.1) is 4.98 Å². The van der Waals surface area contributed by atoms with Crippen LogP contribution in [0.1, 0.15) is 0 Å². The van der Waals surface area contributed by atoms with Crippen molar-refractivity contribution in [3.63, 3.8) is 0 Å². The molecule has 0 aliphatic carbocycles. The molecule has 7 nitrogen and oxygen atoms in total. The summed E-state index contributed by atoms with van der Waals surface area (Å²) < 4.78 is 12.4. The van der Waals surface area contributed by atoms with Crippen molar-refractivity contribution in [2.24, 2.45) is 0 Å². The van der Waals surface area contributed by atoms with E-state index in [1.807, 2.05) is 57.5 Å². The number of rotatable bonds is 4. The van der Waals surface area contributed by atoms with Gasteiger partial charge in [0.2, 0.25) is 5.95 Å². The number of oxazole rings is 1. The van der Waals surface area contributed by atoms with Crippen molar-refractivity contribution in [2.45, 2.75) is 0 Å². The Morgan fingerprint density at radius 2 is 0.962 bits per heavy atom. The normalized spacial score (nSPS) is 11.9. The van der Waals surface area contributed by atoms with E-state index in [1.165, 1.54) is 16.3 Å². The first-order chi connectivity index (χ1) is 25.7. The Morgan fingerprint density at radius 1 is 0.423 bits per heavy atom. The van der Waals surface area contributed by atoms with Crippen molar-refractivity contribution in [3.05, 3.63) is 174 Å². The third kappa shape index (κ3) is 4.17. The Balaban J connectivity index is 1.13. The number of nitrogens with zero attached hydrogens (tertiary/aromatic N) is 5. The van der Waals surface area contributed by atoms with Crippen molar-refractivity contribution in [1.29, 1.82) is 0 Å². The summed E-state index contributed by atoms with van der Waals surface area (Å²) in [4.78, 5) is 21.8. The van der Waals surface area contributed by atoms with Gasteiger partial charge < -0.3 is 8.98 Å². The molecule has 244 valence electrons. The van der Waals surface area contributed by atoms with Gasteiger partial charge >= 0.3 is 11.5 Å². The van der Waals surface area contributed by atoms with Crippen LogP contribution in [-0.2, 0) is 0 Å². The minimum atomic E-state index is -0.608. The van der Waals surface area contributed by atoms with Crippen LogP contribution in [0.4, 0.5) is 0 Å². The first-order valence-corrected chi connectivity index (χ1v) is 17.2. The fourth-order valence-electron chi connectivity index (χ4n) is 7.87. The molecular weight excluding hydrogens is 643 g/mol. The molecule has 11 rings (SSSR count). The third-order valence-corrected chi connectivity index (χ3v) is 10.2. The van der Waals surface area contributed by atoms with E-state index >= 15 is 0 Å². The maximum atomic E-state index is 13.1. The maximum Gasteiger partial charge on any atom is 0.374 e. The zero-order chi connectivity index (χ0) is 34.3. The first-order valence-electron chi connectivity index (χ1n) is 17.2. The number of para-hydroxylation sites is 3. The van der Waals surface area contributed by atoms with Crippen molar-refractivity contribution in [2.75, 3.05) is 0 Å². The lowest BCUT2D eigenvalue weighted by Crippen LogP contribution is -2.18. The highest BCUT2D eigenvalue weighted by atomic mass is 16.4. The van der Waals surface area contributed by atoms with Crippen LogP contribution in [-0.4, -0.2) is 23.5 Å². The number of hydrogen-bond acceptors (Lipinski definition) is 4. The second-order valence-corrected chi connectivity index (χ2v) is 13.1. The lowest BCUT2D eigenvalue weighted by molar-refractivity contribution is 0.626. The molecule has 0 bridgehead atoms. The zero-order valence-electron chi connectivity index (χ0n) is 27.6. The molecule has 0 radical (unpaired) electrons. The van der Waals surface area contributed by atoms with Crippen LogP contribution >= 0.6 is 0 Å². The van der Waals surface area contributed by atoms with Gasteiger partial charge in [0.15, 0.2) is 5.58 Å². The van der Waals surface area contributed by atoms with E-state index in [4.69, 9.17) is 4.42 Å². The molecule has 0 spiro atoms. The molecule has 0 amide bonds. The third-order valence-electron chi connectivity index (χ3n) is 10.2. The number of hydrogen-bond donors (Lipinski definition) is 0. The van der Waals surface area contributed by atoms with Crippen LogP contribution in [0, 0.1) is 0 Å². The monoisotopic (exact) mass is 669 g/mol. The number of benzene rings is 7. The van der Waals surface area contributed by atoms with Crippen molar-refractivity contribution < 1.29 is 4.42 Å². The van der Waals surface area contributed by atoms with Crippen LogP contribution in [0.3, 0.4) is 0 Å². The molecule has 0 saturated carbocycles. The average Bonchev–Trinajstić information content (AvgIpc) is 3.85. The highest BCUT2D eigenvalue weighted by Gasteiger charge is 2.21. The topological polar surface area (TPSA) is 70.3 Å². The molecule has 0 aliphatic heterocycles. The first kappa shape index (κ1) is 28.6. The van der Waals surface area contributed by atoms with Gasteiger partial charge in [0.05, 0.1) is 27.6 Å². The lowest BCUT2D eigenvalue weighted by Gasteiger charge is -2.10. The highest BCUT2D eigenvalue weighted by Crippen LogP contribution is 2.38. The molecule has 7 heteroatoms. The van der Waals surface area contributed by atoms with Gasteiger partial charge in [-0.25, -0.2) is 9.20 Å². The quantitative estimate of drug-likeness (QED) is 0.187. The molecule has 0 atom stereocenters. The Labute approximate surface area is 295 Å². The fraction of sp³-hybridized carbons (Fsp3) is 0. The summed E-state index contributed by atoms with van der Waals surface area (Å²) in [7, 11) is 0. The molecule has 0 saturated heterocycles. The Kier molecular flexibility index (Phi) is 5.98. The van der Waals surface area contributed by atoms with Gasteiger partial charge in [-0.05, 0) is 82.9 Å². The number of aromatic nitrogens is 5. The molecule has 4 heterocycles. The predicted molar refractivity (Wildman–Crippen MR) is 209 cm³/mol. The van der Waals surface area contributed by atoms with Gasteiger partial charge in [0, 0.05) is 27.2 Å². The Bertz CT molecular complexity index is 3260. The molecule has 0 fully saturated rings. The van der Waals surface area contributed by atoms with E-state index in [0.717, 1.165) is 60.8 Å². The summed E-state index contributed by atoms with van der Waals surface area (Å²) in [6, 6.07) is 56.8. The summed E-state index contributed by atoms with van der Waals surface area (Å²) in [6.45, 7) is 0. The van der Waals surface area contributed by atoms with E-state index in [2.05, 4.69) is 130 Å². The average molecular weight is 670 g/mol. The van der Waals surface area contributed by atoms with Gasteiger partial charge in [-0.2, -0.15) is 4.98 Å². The molecule has 0 N–H and O–H groups in total. The summed E-state index contributed by atoms with van der Waals surface area (Å²) in [6.07, 6.45) is 0. The van der Waals surface area contributed by atoms with Crippen LogP contribution in [0.25, 0.3) is 94.4 Å². The second kappa shape index (κ2) is 10.9. The predicted octanol–water partition coefficient (Wildman–Crippen LogP) is 10.4. The van der Waals surface area contributed by atoms with E-state index in [-0.39, 0.29) is 5.84 Å². The summed E-state index contributed by atoms with van der Waals surface area (Å²) >= 11 is 0. The van der Waals surface area contributed by atoms with Crippen molar-refractivity contribution in [1.82, 2.24) is 23.5 Å². The lowest BCUT2D eigenvalue weighted by atomic mass is 10.0. The molecule has 0 aliphatic rings. The van der Waals surface area contributed by atoms with Gasteiger partial charge in [0.1, 0.15) is 0 Å². The minimum absolute atomic E-state index is 0.195. The Hall–Kier alpha value is -7.25. The standard InChI is InChI=1S/C45H27N5O2/c51-43-46-44(50-41-27-31(28-11-3-1-4-12-28)21-24-42(41)52-45(50)47-43)49-38-18-10-8-16-34(38)36-26-30(20-23-40(36)49)29-19-22-39-35(25-29)33-15-7-9-17-37(33)48(39)32-13-5-2-6-14-32/h1-27H. The zero-order valence-corrected chi connectivity index (χ0v) is 27.6. The Morgan fingerprint density at radius 3 is 1.65 bits per heavy atom. The van der Waals surface area contributed by atoms with Crippen LogP contribution in [0.2, 0.25) is 0 Å². The maximum absolute atomic E-state index is 13.1. The minimum Gasteiger partial charge on any atom is -0.423 e. The molecule has 11 aromatic rings. The summed E-state index contributed by atoms with van der Waals surface area (Å²) in [5.41, 5.74) is 10.4. The number of fused-ring (bicyclic) bond motifs is 9. The second-order valence-electron chi connectivity index (χ2n) is 13.1. The molecule has 52 heavy (non-hydrogen) atoms. The van der Waals surface area contributed by atoms with Crippen LogP contribution < -0.4 is 5.69 Å². The van der Waals surface area contributed by atoms with Crippen molar-refractivity contribution >= 4 is 60.6 Å². The van der Waals surface area contributed by atoms with Crippen LogP contribution in [0.15, 0.2) is 173 Å². The highest BCUT2D eigenvalue weighted by molar-refractivity contribution is 6.12. The summed E-state index contributed by atoms with van der Waals surface area (Å²) in [5.74, 6) is 0.619. The largest absolute Gasteiger partial charge is 0.423 e. The van der Waals surface area contributed by atoms with E-state index in [9.17, 15) is 4.79 Å². The van der Waals surface area contributed by atoms with E-state index < -0.39 is 5.69 Å². The smallest absolute Gasteiger partial charge is 0.374 e. The van der Waals surface area contributed by atoms with E-state index in [1.54, 1.807) is 0 Å². The molecule has 0 unspecified atom stereocenters. The van der Waals surface area contributed by atoms with E-state index in [0.29, 0.717) is 11.5 Å². The van der Waals surface area contributed by atoms with Gasteiger partial charge in [-0.3, -0.25) is 4.57 Å². The molecule has 4 aromatic heterocycles. The van der Waals surface area contributed by atoms with Crippen LogP contribution in [0.5, 0.6) is 0 Å². The van der Waals surface area contributed by atoms with Crippen molar-refractivity contribution in [3.8, 4) is 33.9 Å². The van der Waals surface area contributed by atoms with Gasteiger partial charge in [0.25, 0.3) is 0 Å². The van der Waals surface area contributed by atoms with Gasteiger partial charge in [-0.1, -0.05) is 103 Å². The summed E-state index contributed by atoms with van der Waals surface area (Å²) in [5, 5.41) is 4.52. The SMILES string of the molecule is O=c1nc(-n2c3ccccc3c3cc(-c4ccc5c(c4)c4ccccc4n5-c4ccccc4)ccc32)n2c(n1)oc1ccc(-c3ccccc3)cc12. The molecular formula is C45H27N5O2.